The number of benzene rings is 1. The van der Waals surface area contributed by atoms with E-state index in [1.165, 1.54) is 16.1 Å². The van der Waals surface area contributed by atoms with E-state index in [-0.39, 0.29) is 11.9 Å². The first-order chi connectivity index (χ1) is 10.3. The van der Waals surface area contributed by atoms with Crippen LogP contribution in [0.25, 0.3) is 0 Å². The van der Waals surface area contributed by atoms with Crippen LogP contribution in [-0.4, -0.2) is 19.5 Å². The van der Waals surface area contributed by atoms with Crippen molar-refractivity contribution in [1.82, 2.24) is 5.32 Å². The number of carbonyl (C=O) groups is 1. The molecule has 4 rings (SSSR count). The lowest BCUT2D eigenvalue weighted by atomic mass is 10.1. The average molecular weight is 299 g/mol. The number of nitrogens with one attached hydrogen (secondary N) is 2. The Morgan fingerprint density at radius 2 is 2.29 bits per heavy atom. The number of fused-ring (bicyclic) bond motifs is 2. The summed E-state index contributed by atoms with van der Waals surface area (Å²) in [5.41, 5.74) is 4.60. The van der Waals surface area contributed by atoms with Gasteiger partial charge in [-0.2, -0.15) is 0 Å². The van der Waals surface area contributed by atoms with E-state index in [1.54, 1.807) is 0 Å². The predicted octanol–water partition coefficient (Wildman–Crippen LogP) is 2.52. The van der Waals surface area contributed by atoms with Gasteiger partial charge in [-0.1, -0.05) is 6.07 Å². The molecule has 0 saturated carbocycles. The highest BCUT2D eigenvalue weighted by Crippen LogP contribution is 2.35. The fourth-order valence-electron chi connectivity index (χ4n) is 3.20. The maximum absolute atomic E-state index is 11.9. The summed E-state index contributed by atoms with van der Waals surface area (Å²) >= 11 is 1.85. The van der Waals surface area contributed by atoms with Crippen LogP contribution in [-0.2, 0) is 17.8 Å². The van der Waals surface area contributed by atoms with Crippen LogP contribution < -0.4 is 15.5 Å². The maximum Gasteiger partial charge on any atom is 0.246 e. The maximum atomic E-state index is 11.9. The third-order valence-corrected chi connectivity index (χ3v) is 5.35. The standard InChI is InChI=1S/C16H17N3OS/c1-17-15-12-3-2-11(8-13(12)18-16(15)20)19-6-4-14-10(9-19)5-7-21-14/h2-3,5,7-8,15,17H,4,6,9H2,1H3,(H,18,20). The molecule has 0 radical (unpaired) electrons. The lowest BCUT2D eigenvalue weighted by Gasteiger charge is -2.29. The number of rotatable bonds is 2. The first-order valence-corrected chi connectivity index (χ1v) is 8.06. The number of thiophene rings is 1. The van der Waals surface area contributed by atoms with Crippen molar-refractivity contribution in [3.8, 4) is 0 Å². The van der Waals surface area contributed by atoms with E-state index < -0.39 is 0 Å². The molecular weight excluding hydrogens is 282 g/mol. The summed E-state index contributed by atoms with van der Waals surface area (Å²) in [4.78, 5) is 15.8. The molecule has 4 nitrogen and oxygen atoms in total. The van der Waals surface area contributed by atoms with Gasteiger partial charge < -0.3 is 15.5 Å². The molecule has 0 aliphatic carbocycles. The molecule has 1 unspecified atom stereocenters. The average Bonchev–Trinajstić information content (AvgIpc) is 3.08. The Bertz CT molecular complexity index is 709. The first-order valence-electron chi connectivity index (χ1n) is 7.18. The molecule has 2 aliphatic heterocycles. The molecule has 21 heavy (non-hydrogen) atoms. The molecule has 1 atom stereocenters. The number of amides is 1. The number of carbonyl (C=O) groups excluding carboxylic acids is 1. The molecule has 0 bridgehead atoms. The molecule has 3 heterocycles. The Morgan fingerprint density at radius 1 is 1.38 bits per heavy atom. The topological polar surface area (TPSA) is 44.4 Å². The van der Waals surface area contributed by atoms with E-state index in [0.717, 1.165) is 30.8 Å². The largest absolute Gasteiger partial charge is 0.367 e. The molecule has 2 aliphatic rings. The third-order valence-electron chi connectivity index (χ3n) is 4.33. The molecule has 108 valence electrons. The van der Waals surface area contributed by atoms with Crippen molar-refractivity contribution in [3.63, 3.8) is 0 Å². The summed E-state index contributed by atoms with van der Waals surface area (Å²) < 4.78 is 0. The van der Waals surface area contributed by atoms with Crippen LogP contribution in [0.2, 0.25) is 0 Å². The van der Waals surface area contributed by atoms with E-state index >= 15 is 0 Å². The van der Waals surface area contributed by atoms with Crippen LogP contribution in [0, 0.1) is 0 Å². The van der Waals surface area contributed by atoms with Gasteiger partial charge in [0, 0.05) is 34.9 Å². The van der Waals surface area contributed by atoms with Crippen LogP contribution in [0.15, 0.2) is 29.6 Å². The smallest absolute Gasteiger partial charge is 0.246 e. The molecule has 1 amide bonds. The Hall–Kier alpha value is -1.85. The van der Waals surface area contributed by atoms with Crippen molar-refractivity contribution in [2.45, 2.75) is 19.0 Å². The fraction of sp³-hybridized carbons (Fsp3) is 0.312. The van der Waals surface area contributed by atoms with E-state index in [4.69, 9.17) is 0 Å². The summed E-state index contributed by atoms with van der Waals surface area (Å²) in [6.07, 6.45) is 1.11. The van der Waals surface area contributed by atoms with Gasteiger partial charge in [0.2, 0.25) is 5.91 Å². The summed E-state index contributed by atoms with van der Waals surface area (Å²) in [6, 6.07) is 8.28. The predicted molar refractivity (Wildman–Crippen MR) is 85.9 cm³/mol. The minimum atomic E-state index is -0.223. The Morgan fingerprint density at radius 3 is 3.14 bits per heavy atom. The Kier molecular flexibility index (Phi) is 2.97. The summed E-state index contributed by atoms with van der Waals surface area (Å²) in [7, 11) is 1.82. The number of hydrogen-bond acceptors (Lipinski definition) is 4. The van der Waals surface area contributed by atoms with Gasteiger partial charge >= 0.3 is 0 Å². The SMILES string of the molecule is CNC1C(=O)Nc2cc(N3CCc4sccc4C3)ccc21. The van der Waals surface area contributed by atoms with E-state index in [0.29, 0.717) is 0 Å². The van der Waals surface area contributed by atoms with Gasteiger partial charge in [0.1, 0.15) is 6.04 Å². The molecule has 0 fully saturated rings. The van der Waals surface area contributed by atoms with Crippen molar-refractivity contribution in [2.75, 3.05) is 23.8 Å². The van der Waals surface area contributed by atoms with Crippen LogP contribution in [0.1, 0.15) is 22.0 Å². The number of nitrogens with zero attached hydrogens (tertiary/aromatic N) is 1. The lowest BCUT2D eigenvalue weighted by Crippen LogP contribution is -2.29. The molecule has 2 aromatic rings. The molecule has 5 heteroatoms. The van der Waals surface area contributed by atoms with Crippen molar-refractivity contribution in [1.29, 1.82) is 0 Å². The van der Waals surface area contributed by atoms with E-state index in [1.807, 2.05) is 18.4 Å². The third kappa shape index (κ3) is 2.04. The van der Waals surface area contributed by atoms with E-state index in [2.05, 4.69) is 45.2 Å². The summed E-state index contributed by atoms with van der Waals surface area (Å²) in [5.74, 6) is 0.0309. The first kappa shape index (κ1) is 12.9. The van der Waals surface area contributed by atoms with Crippen LogP contribution in [0.3, 0.4) is 0 Å². The van der Waals surface area contributed by atoms with Crippen molar-refractivity contribution >= 4 is 28.6 Å². The number of likely N-dealkylation sites (N-methyl/N-ethyl adjacent to an activating group) is 1. The van der Waals surface area contributed by atoms with Gasteiger partial charge in [0.05, 0.1) is 0 Å². The van der Waals surface area contributed by atoms with Gasteiger partial charge in [0.15, 0.2) is 0 Å². The molecule has 0 spiro atoms. The highest BCUT2D eigenvalue weighted by Gasteiger charge is 2.29. The number of anilines is 2. The van der Waals surface area contributed by atoms with Gasteiger partial charge in [-0.3, -0.25) is 4.79 Å². The minimum absolute atomic E-state index is 0.0309. The van der Waals surface area contributed by atoms with Gasteiger partial charge in [-0.25, -0.2) is 0 Å². The fourth-order valence-corrected chi connectivity index (χ4v) is 4.09. The highest BCUT2D eigenvalue weighted by molar-refractivity contribution is 7.10. The second-order valence-corrected chi connectivity index (χ2v) is 6.52. The Balaban J connectivity index is 1.64. The quantitative estimate of drug-likeness (QED) is 0.895. The summed E-state index contributed by atoms with van der Waals surface area (Å²) in [5, 5.41) is 8.20. The molecule has 1 aromatic heterocycles. The molecule has 1 aromatic carbocycles. The molecule has 0 saturated heterocycles. The lowest BCUT2D eigenvalue weighted by molar-refractivity contribution is -0.117. The minimum Gasteiger partial charge on any atom is -0.367 e. The zero-order chi connectivity index (χ0) is 14.4. The second kappa shape index (κ2) is 4.86. The van der Waals surface area contributed by atoms with Gasteiger partial charge in [0.25, 0.3) is 0 Å². The molecular formula is C16H17N3OS. The number of hydrogen-bond donors (Lipinski definition) is 2. The normalized spacial score (nSPS) is 20.1. The van der Waals surface area contributed by atoms with Gasteiger partial charge in [-0.15, -0.1) is 11.3 Å². The Labute approximate surface area is 127 Å². The van der Waals surface area contributed by atoms with Crippen LogP contribution in [0.5, 0.6) is 0 Å². The summed E-state index contributed by atoms with van der Waals surface area (Å²) in [6.45, 7) is 2.00. The second-order valence-electron chi connectivity index (χ2n) is 5.52. The van der Waals surface area contributed by atoms with E-state index in [9.17, 15) is 4.79 Å². The van der Waals surface area contributed by atoms with Crippen molar-refractivity contribution < 1.29 is 4.79 Å². The van der Waals surface area contributed by atoms with Crippen molar-refractivity contribution in [2.24, 2.45) is 0 Å². The highest BCUT2D eigenvalue weighted by atomic mass is 32.1. The van der Waals surface area contributed by atoms with Crippen molar-refractivity contribution in [3.05, 3.63) is 45.6 Å². The monoisotopic (exact) mass is 299 g/mol. The zero-order valence-electron chi connectivity index (χ0n) is 11.8. The van der Waals surface area contributed by atoms with Crippen LogP contribution in [0.4, 0.5) is 11.4 Å². The zero-order valence-corrected chi connectivity index (χ0v) is 12.7. The van der Waals surface area contributed by atoms with Gasteiger partial charge in [-0.05, 0) is 42.6 Å². The van der Waals surface area contributed by atoms with Crippen LogP contribution >= 0.6 is 11.3 Å². The molecule has 2 N–H and O–H groups in total.